The Labute approximate surface area is 87.4 Å². The smallest absolute Gasteiger partial charge is 0.0860 e. The van der Waals surface area contributed by atoms with Crippen LogP contribution in [0.5, 0.6) is 0 Å². The van der Waals surface area contributed by atoms with Gasteiger partial charge < -0.3 is 4.98 Å². The zero-order valence-corrected chi connectivity index (χ0v) is 9.66. The predicted molar refractivity (Wildman–Crippen MR) is 58.4 cm³/mol. The summed E-state index contributed by atoms with van der Waals surface area (Å²) in [6.45, 7) is 2.09. The zero-order chi connectivity index (χ0) is 8.72. The van der Waals surface area contributed by atoms with Crippen LogP contribution in [0.4, 0.5) is 0 Å². The molecule has 2 rings (SSSR count). The van der Waals surface area contributed by atoms with Gasteiger partial charge in [-0.2, -0.15) is 0 Å². The van der Waals surface area contributed by atoms with Crippen molar-refractivity contribution in [2.24, 2.45) is 0 Å². The highest BCUT2D eigenvalue weighted by molar-refractivity contribution is 9.10. The van der Waals surface area contributed by atoms with Gasteiger partial charge in [-0.3, -0.25) is 0 Å². The van der Waals surface area contributed by atoms with Crippen LogP contribution in [0.15, 0.2) is 27.3 Å². The summed E-state index contributed by atoms with van der Waals surface area (Å²) in [7, 11) is 0. The molecule has 62 valence electrons. The number of benzene rings is 1. The minimum atomic E-state index is 1.07. The van der Waals surface area contributed by atoms with Gasteiger partial charge in [-0.05, 0) is 46.6 Å². The van der Waals surface area contributed by atoms with Gasteiger partial charge in [0.1, 0.15) is 0 Å². The summed E-state index contributed by atoms with van der Waals surface area (Å²) in [6, 6.07) is 6.22. The highest BCUT2D eigenvalue weighted by atomic mass is 79.9. The topological polar surface area (TPSA) is 15.8 Å². The molecule has 1 nitrogen and oxygen atoms in total. The Hall–Kier alpha value is -0.280. The van der Waals surface area contributed by atoms with Gasteiger partial charge in [0.15, 0.2) is 0 Å². The molecule has 0 radical (unpaired) electrons. The van der Waals surface area contributed by atoms with Gasteiger partial charge in [-0.1, -0.05) is 15.9 Å². The first-order valence-corrected chi connectivity index (χ1v) is 5.20. The number of nitrogens with one attached hydrogen (secondary N) is 1. The highest BCUT2D eigenvalue weighted by Crippen LogP contribution is 2.27. The SMILES string of the molecule is Cc1c(Br)[nH]c2ccc(Br)cc12. The van der Waals surface area contributed by atoms with Gasteiger partial charge in [-0.15, -0.1) is 0 Å². The molecule has 0 fully saturated rings. The lowest BCUT2D eigenvalue weighted by Gasteiger charge is -1.91. The predicted octanol–water partition coefficient (Wildman–Crippen LogP) is 4.00. The van der Waals surface area contributed by atoms with Crippen molar-refractivity contribution in [1.29, 1.82) is 0 Å². The Morgan fingerprint density at radius 3 is 2.75 bits per heavy atom. The van der Waals surface area contributed by atoms with Crippen molar-refractivity contribution in [3.63, 3.8) is 0 Å². The van der Waals surface area contributed by atoms with E-state index in [0.717, 1.165) is 9.08 Å². The Morgan fingerprint density at radius 1 is 1.25 bits per heavy atom. The second kappa shape index (κ2) is 2.89. The lowest BCUT2D eigenvalue weighted by Crippen LogP contribution is -1.68. The number of hydrogen-bond donors (Lipinski definition) is 1. The molecule has 1 N–H and O–H groups in total. The van der Waals surface area contributed by atoms with Crippen molar-refractivity contribution in [3.8, 4) is 0 Å². The van der Waals surface area contributed by atoms with E-state index in [1.807, 2.05) is 6.07 Å². The third-order valence-electron chi connectivity index (χ3n) is 1.96. The normalized spacial score (nSPS) is 10.9. The number of halogens is 2. The van der Waals surface area contributed by atoms with E-state index < -0.39 is 0 Å². The van der Waals surface area contributed by atoms with Gasteiger partial charge in [0, 0.05) is 15.4 Å². The minimum Gasteiger partial charge on any atom is -0.349 e. The van der Waals surface area contributed by atoms with Crippen molar-refractivity contribution in [2.75, 3.05) is 0 Å². The Morgan fingerprint density at radius 2 is 2.00 bits per heavy atom. The molecular formula is C9H7Br2N. The molecule has 12 heavy (non-hydrogen) atoms. The standard InChI is InChI=1S/C9H7Br2N/c1-5-7-4-6(10)2-3-8(7)12-9(5)11/h2-4,12H,1H3. The number of aromatic amines is 1. The molecule has 0 bridgehead atoms. The fourth-order valence-corrected chi connectivity index (χ4v) is 2.05. The van der Waals surface area contributed by atoms with Gasteiger partial charge in [0.05, 0.1) is 4.60 Å². The van der Waals surface area contributed by atoms with Crippen molar-refractivity contribution in [1.82, 2.24) is 4.98 Å². The number of hydrogen-bond acceptors (Lipinski definition) is 0. The number of rotatable bonds is 0. The maximum atomic E-state index is 3.46. The fraction of sp³-hybridized carbons (Fsp3) is 0.111. The highest BCUT2D eigenvalue weighted by Gasteiger charge is 2.04. The van der Waals surface area contributed by atoms with Crippen LogP contribution in [0.2, 0.25) is 0 Å². The lowest BCUT2D eigenvalue weighted by molar-refractivity contribution is 1.36. The monoisotopic (exact) mass is 287 g/mol. The van der Waals surface area contributed by atoms with Crippen LogP contribution < -0.4 is 0 Å². The van der Waals surface area contributed by atoms with Crippen LogP contribution in [0.25, 0.3) is 10.9 Å². The third-order valence-corrected chi connectivity index (χ3v) is 3.25. The summed E-state index contributed by atoms with van der Waals surface area (Å²) in [4.78, 5) is 3.25. The van der Waals surface area contributed by atoms with E-state index >= 15 is 0 Å². The minimum absolute atomic E-state index is 1.07. The molecule has 0 aliphatic rings. The van der Waals surface area contributed by atoms with E-state index in [2.05, 4.69) is 55.9 Å². The van der Waals surface area contributed by atoms with Crippen molar-refractivity contribution < 1.29 is 0 Å². The van der Waals surface area contributed by atoms with Gasteiger partial charge in [-0.25, -0.2) is 0 Å². The fourth-order valence-electron chi connectivity index (χ4n) is 1.27. The van der Waals surface area contributed by atoms with Gasteiger partial charge in [0.2, 0.25) is 0 Å². The van der Waals surface area contributed by atoms with Crippen molar-refractivity contribution in [2.45, 2.75) is 6.92 Å². The summed E-state index contributed by atoms with van der Waals surface area (Å²) in [5.74, 6) is 0. The molecule has 0 atom stereocenters. The van der Waals surface area contributed by atoms with Gasteiger partial charge >= 0.3 is 0 Å². The first-order valence-electron chi connectivity index (χ1n) is 3.62. The first-order chi connectivity index (χ1) is 5.68. The summed E-state index contributed by atoms with van der Waals surface area (Å²) < 4.78 is 2.18. The van der Waals surface area contributed by atoms with Crippen LogP contribution >= 0.6 is 31.9 Å². The Bertz CT molecular complexity index is 431. The average Bonchev–Trinajstić information content (AvgIpc) is 2.31. The lowest BCUT2D eigenvalue weighted by atomic mass is 10.2. The second-order valence-corrected chi connectivity index (χ2v) is 4.46. The summed E-state index contributed by atoms with van der Waals surface area (Å²) >= 11 is 6.91. The number of fused-ring (bicyclic) bond motifs is 1. The van der Waals surface area contributed by atoms with E-state index in [9.17, 15) is 0 Å². The van der Waals surface area contributed by atoms with Crippen LogP contribution in [0.3, 0.4) is 0 Å². The van der Waals surface area contributed by atoms with Crippen LogP contribution in [0, 0.1) is 6.92 Å². The van der Waals surface area contributed by atoms with E-state index in [1.165, 1.54) is 16.5 Å². The molecule has 3 heteroatoms. The molecule has 1 aromatic carbocycles. The van der Waals surface area contributed by atoms with E-state index in [0.29, 0.717) is 0 Å². The van der Waals surface area contributed by atoms with Crippen LogP contribution in [-0.4, -0.2) is 4.98 Å². The van der Waals surface area contributed by atoms with Crippen molar-refractivity contribution >= 4 is 42.8 Å². The molecule has 2 aromatic rings. The zero-order valence-electron chi connectivity index (χ0n) is 6.49. The molecule has 0 saturated carbocycles. The molecule has 1 heterocycles. The van der Waals surface area contributed by atoms with Gasteiger partial charge in [0.25, 0.3) is 0 Å². The van der Waals surface area contributed by atoms with Crippen molar-refractivity contribution in [3.05, 3.63) is 32.8 Å². The second-order valence-electron chi connectivity index (χ2n) is 2.75. The quantitative estimate of drug-likeness (QED) is 0.754. The van der Waals surface area contributed by atoms with Crippen LogP contribution in [0.1, 0.15) is 5.56 Å². The molecule has 0 aliphatic heterocycles. The molecule has 0 spiro atoms. The number of aromatic nitrogens is 1. The molecule has 0 unspecified atom stereocenters. The third kappa shape index (κ3) is 1.21. The Kier molecular flexibility index (Phi) is 2.00. The van der Waals surface area contributed by atoms with E-state index in [4.69, 9.17) is 0 Å². The number of H-pyrrole nitrogens is 1. The summed E-state index contributed by atoms with van der Waals surface area (Å²) in [6.07, 6.45) is 0. The van der Waals surface area contributed by atoms with Crippen LogP contribution in [-0.2, 0) is 0 Å². The summed E-state index contributed by atoms with van der Waals surface area (Å²) in [5.41, 5.74) is 2.42. The molecular weight excluding hydrogens is 282 g/mol. The molecule has 1 aromatic heterocycles. The summed E-state index contributed by atoms with van der Waals surface area (Å²) in [5, 5.41) is 1.26. The van der Waals surface area contributed by atoms with E-state index in [1.54, 1.807) is 0 Å². The Balaban J connectivity index is 2.88. The maximum absolute atomic E-state index is 3.46. The largest absolute Gasteiger partial charge is 0.349 e. The molecule has 0 amide bonds. The van der Waals surface area contributed by atoms with E-state index in [-0.39, 0.29) is 0 Å². The maximum Gasteiger partial charge on any atom is 0.0860 e. The first kappa shape index (κ1) is 8.32. The average molecular weight is 289 g/mol. The molecule has 0 aliphatic carbocycles. The number of aryl methyl sites for hydroxylation is 1. The molecule has 0 saturated heterocycles.